The Hall–Kier alpha value is -3.75. The summed E-state index contributed by atoms with van der Waals surface area (Å²) in [6.07, 6.45) is 1.42. The number of benzene rings is 2. The Bertz CT molecular complexity index is 873. The van der Waals surface area contributed by atoms with Crippen LogP contribution in [0.1, 0.15) is 12.5 Å². The Morgan fingerprint density at radius 2 is 1.62 bits per heavy atom. The van der Waals surface area contributed by atoms with E-state index in [1.807, 2.05) is 12.1 Å². The summed E-state index contributed by atoms with van der Waals surface area (Å²) in [7, 11) is 4.43. The van der Waals surface area contributed by atoms with Gasteiger partial charge in [-0.2, -0.15) is 5.10 Å². The van der Waals surface area contributed by atoms with Gasteiger partial charge in [0.1, 0.15) is 5.75 Å². The number of methoxy groups -OCH3 is 3. The van der Waals surface area contributed by atoms with Crippen molar-refractivity contribution in [1.29, 1.82) is 0 Å². The number of carbonyl (C=O) groups is 2. The zero-order valence-corrected chi connectivity index (χ0v) is 16.6. The summed E-state index contributed by atoms with van der Waals surface area (Å²) in [5.41, 5.74) is 3.70. The van der Waals surface area contributed by atoms with E-state index in [1.165, 1.54) is 27.4 Å². The average Bonchev–Trinajstić information content (AvgIpc) is 2.72. The molecule has 0 radical (unpaired) electrons. The number of nitrogens with one attached hydrogen (secondary N) is 2. The van der Waals surface area contributed by atoms with Gasteiger partial charge in [-0.15, -0.1) is 0 Å². The van der Waals surface area contributed by atoms with Gasteiger partial charge >= 0.3 is 5.97 Å². The molecular weight excluding hydrogens is 378 g/mol. The zero-order chi connectivity index (χ0) is 21.2. The molecule has 0 aromatic heterocycles. The highest BCUT2D eigenvalue weighted by molar-refractivity contribution is 5.86. The van der Waals surface area contributed by atoms with Crippen molar-refractivity contribution in [1.82, 2.24) is 5.43 Å². The quantitative estimate of drug-likeness (QED) is 0.287. The van der Waals surface area contributed by atoms with E-state index in [2.05, 4.69) is 15.8 Å². The molecule has 2 aromatic carbocycles. The molecule has 0 bridgehead atoms. The van der Waals surface area contributed by atoms with Crippen LogP contribution in [0, 0.1) is 0 Å². The highest BCUT2D eigenvalue weighted by Crippen LogP contribution is 2.38. The lowest BCUT2D eigenvalue weighted by molar-refractivity contribution is -0.132. The highest BCUT2D eigenvalue weighted by Gasteiger charge is 2.15. The van der Waals surface area contributed by atoms with E-state index >= 15 is 0 Å². The number of ether oxygens (including phenoxy) is 4. The van der Waals surface area contributed by atoms with Crippen molar-refractivity contribution in [3.63, 3.8) is 0 Å². The largest absolute Gasteiger partial charge is 0.495 e. The monoisotopic (exact) mass is 401 g/mol. The second kappa shape index (κ2) is 10.5. The van der Waals surface area contributed by atoms with Gasteiger partial charge in [0.05, 0.1) is 39.8 Å². The smallest absolute Gasteiger partial charge is 0.308 e. The number of hydrogen-bond donors (Lipinski definition) is 2. The molecule has 0 unspecified atom stereocenters. The van der Waals surface area contributed by atoms with Crippen molar-refractivity contribution in [3.05, 3.63) is 42.0 Å². The van der Waals surface area contributed by atoms with Crippen LogP contribution in [0.5, 0.6) is 23.0 Å². The summed E-state index contributed by atoms with van der Waals surface area (Å²) in [6.45, 7) is 1.29. The molecule has 9 heteroatoms. The van der Waals surface area contributed by atoms with Crippen LogP contribution in [0.25, 0.3) is 0 Å². The van der Waals surface area contributed by atoms with Crippen molar-refractivity contribution in [3.8, 4) is 23.0 Å². The van der Waals surface area contributed by atoms with Gasteiger partial charge < -0.3 is 24.3 Å². The molecule has 0 saturated heterocycles. The topological polar surface area (TPSA) is 107 Å². The number of hydrazone groups is 1. The molecule has 0 fully saturated rings. The molecule has 0 spiro atoms. The van der Waals surface area contributed by atoms with Crippen LogP contribution in [0.2, 0.25) is 0 Å². The molecule has 2 aromatic rings. The molecule has 29 heavy (non-hydrogen) atoms. The zero-order valence-electron chi connectivity index (χ0n) is 16.6. The van der Waals surface area contributed by atoms with Gasteiger partial charge in [-0.3, -0.25) is 9.59 Å². The standard InChI is InChI=1S/C20H23N3O6/c1-13(24)29-20-17(27-3)9-14(10-18(20)28-4)11-22-23-19(25)12-21-15-7-5-6-8-16(15)26-2/h5-11,21H,12H2,1-4H3,(H,23,25)/b22-11+. The second-order valence-electron chi connectivity index (χ2n) is 5.70. The van der Waals surface area contributed by atoms with E-state index in [0.29, 0.717) is 28.5 Å². The van der Waals surface area contributed by atoms with Crippen LogP contribution in [0.3, 0.4) is 0 Å². The maximum Gasteiger partial charge on any atom is 0.308 e. The van der Waals surface area contributed by atoms with Gasteiger partial charge in [-0.1, -0.05) is 12.1 Å². The molecule has 2 N–H and O–H groups in total. The van der Waals surface area contributed by atoms with E-state index in [1.54, 1.807) is 31.4 Å². The summed E-state index contributed by atoms with van der Waals surface area (Å²) >= 11 is 0. The van der Waals surface area contributed by atoms with Crippen molar-refractivity contribution in [2.45, 2.75) is 6.92 Å². The molecule has 0 aliphatic rings. The number of amides is 1. The van der Waals surface area contributed by atoms with Crippen molar-refractivity contribution in [2.75, 3.05) is 33.2 Å². The second-order valence-corrected chi connectivity index (χ2v) is 5.70. The number of para-hydroxylation sites is 2. The van der Waals surface area contributed by atoms with Crippen LogP contribution in [-0.2, 0) is 9.59 Å². The van der Waals surface area contributed by atoms with Gasteiger partial charge in [0, 0.05) is 12.5 Å². The lowest BCUT2D eigenvalue weighted by Crippen LogP contribution is -2.26. The minimum Gasteiger partial charge on any atom is -0.495 e. The SMILES string of the molecule is COc1ccccc1NCC(=O)N/N=C/c1cc(OC)c(OC(C)=O)c(OC)c1. The Balaban J connectivity index is 2.02. The van der Waals surface area contributed by atoms with E-state index in [0.717, 1.165) is 0 Å². The fourth-order valence-electron chi connectivity index (χ4n) is 2.40. The van der Waals surface area contributed by atoms with E-state index in [4.69, 9.17) is 18.9 Å². The van der Waals surface area contributed by atoms with Crippen LogP contribution < -0.4 is 29.7 Å². The number of nitrogens with zero attached hydrogens (tertiary/aromatic N) is 1. The predicted molar refractivity (Wildman–Crippen MR) is 108 cm³/mol. The third kappa shape index (κ3) is 6.13. The first-order valence-corrected chi connectivity index (χ1v) is 8.61. The first-order chi connectivity index (χ1) is 14.0. The van der Waals surface area contributed by atoms with Gasteiger partial charge in [-0.25, -0.2) is 5.43 Å². The van der Waals surface area contributed by atoms with Crippen LogP contribution in [0.15, 0.2) is 41.5 Å². The minimum absolute atomic E-state index is 0.00967. The normalized spacial score (nSPS) is 10.3. The van der Waals surface area contributed by atoms with Crippen molar-refractivity contribution >= 4 is 23.8 Å². The summed E-state index contributed by atoms with van der Waals surface area (Å²) in [5.74, 6) is 0.552. The average molecular weight is 401 g/mol. The summed E-state index contributed by atoms with van der Waals surface area (Å²) in [4.78, 5) is 23.3. The molecule has 1 amide bonds. The third-order valence-corrected chi connectivity index (χ3v) is 3.68. The molecule has 154 valence electrons. The molecular formula is C20H23N3O6. The lowest BCUT2D eigenvalue weighted by atomic mass is 10.2. The van der Waals surface area contributed by atoms with Gasteiger partial charge in [-0.05, 0) is 24.3 Å². The highest BCUT2D eigenvalue weighted by atomic mass is 16.6. The van der Waals surface area contributed by atoms with E-state index in [9.17, 15) is 9.59 Å². The predicted octanol–water partition coefficient (Wildman–Crippen LogP) is 2.20. The number of anilines is 1. The molecule has 2 rings (SSSR count). The van der Waals surface area contributed by atoms with Crippen LogP contribution in [-0.4, -0.2) is 46.0 Å². The van der Waals surface area contributed by atoms with Gasteiger partial charge in [0.25, 0.3) is 5.91 Å². The molecule has 9 nitrogen and oxygen atoms in total. The fourth-order valence-corrected chi connectivity index (χ4v) is 2.40. The Labute approximate surface area is 168 Å². The fraction of sp³-hybridized carbons (Fsp3) is 0.250. The molecule has 0 heterocycles. The van der Waals surface area contributed by atoms with Gasteiger partial charge in [0.2, 0.25) is 5.75 Å². The Morgan fingerprint density at radius 3 is 2.21 bits per heavy atom. The number of hydrogen-bond acceptors (Lipinski definition) is 8. The van der Waals surface area contributed by atoms with Crippen LogP contribution >= 0.6 is 0 Å². The first-order valence-electron chi connectivity index (χ1n) is 8.61. The van der Waals surface area contributed by atoms with Crippen molar-refractivity contribution < 1.29 is 28.5 Å². The molecule has 0 atom stereocenters. The van der Waals surface area contributed by atoms with E-state index in [-0.39, 0.29) is 18.2 Å². The van der Waals surface area contributed by atoms with Crippen LogP contribution in [0.4, 0.5) is 5.69 Å². The summed E-state index contributed by atoms with van der Waals surface area (Å²) in [6, 6.07) is 10.5. The Morgan fingerprint density at radius 1 is 1.00 bits per heavy atom. The third-order valence-electron chi connectivity index (χ3n) is 3.68. The maximum atomic E-state index is 12.0. The van der Waals surface area contributed by atoms with Crippen molar-refractivity contribution in [2.24, 2.45) is 5.10 Å². The minimum atomic E-state index is -0.502. The van der Waals surface area contributed by atoms with Gasteiger partial charge in [0.15, 0.2) is 11.5 Å². The Kier molecular flexibility index (Phi) is 7.84. The molecule has 0 saturated carbocycles. The summed E-state index contributed by atoms with van der Waals surface area (Å²) < 4.78 is 20.8. The molecule has 0 aliphatic carbocycles. The number of carbonyl (C=O) groups excluding carboxylic acids is 2. The first kappa shape index (κ1) is 21.5. The molecule has 0 aliphatic heterocycles. The lowest BCUT2D eigenvalue weighted by Gasteiger charge is -2.13. The van der Waals surface area contributed by atoms with E-state index < -0.39 is 5.97 Å². The maximum absolute atomic E-state index is 12.0. The number of rotatable bonds is 9. The number of esters is 1. The summed E-state index contributed by atoms with van der Waals surface area (Å²) in [5, 5.41) is 6.90.